The van der Waals surface area contributed by atoms with Crippen LogP contribution in [0.2, 0.25) is 0 Å². The second-order valence-corrected chi connectivity index (χ2v) is 9.96. The van der Waals surface area contributed by atoms with Crippen molar-refractivity contribution in [2.45, 2.75) is 44.5 Å². The van der Waals surface area contributed by atoms with Crippen molar-refractivity contribution in [3.63, 3.8) is 0 Å². The van der Waals surface area contributed by atoms with Gasteiger partial charge in [-0.3, -0.25) is 4.79 Å². The van der Waals surface area contributed by atoms with E-state index in [9.17, 15) is 13.2 Å². The fourth-order valence-electron chi connectivity index (χ4n) is 3.91. The zero-order chi connectivity index (χ0) is 22.0. The number of aromatic nitrogens is 1. The summed E-state index contributed by atoms with van der Waals surface area (Å²) in [7, 11) is -3.49. The Morgan fingerprint density at radius 3 is 2.48 bits per heavy atom. The third-order valence-corrected chi connectivity index (χ3v) is 7.99. The van der Waals surface area contributed by atoms with E-state index in [-0.39, 0.29) is 18.5 Å². The van der Waals surface area contributed by atoms with Gasteiger partial charge in [0, 0.05) is 24.2 Å². The summed E-state index contributed by atoms with van der Waals surface area (Å²) in [6.45, 7) is 3.97. The Bertz CT molecular complexity index is 1160. The normalized spacial score (nSPS) is 21.0. The van der Waals surface area contributed by atoms with Gasteiger partial charge in [-0.15, -0.1) is 0 Å². The highest BCUT2D eigenvalue weighted by Gasteiger charge is 2.40. The van der Waals surface area contributed by atoms with Crippen molar-refractivity contribution in [1.29, 1.82) is 0 Å². The Kier molecular flexibility index (Phi) is 5.93. The van der Waals surface area contributed by atoms with Crippen molar-refractivity contribution in [3.05, 3.63) is 83.1 Å². The molecule has 1 aliphatic rings. The minimum Gasteiger partial charge on any atom is -0.360 e. The first-order valence-electron chi connectivity index (χ1n) is 10.2. The van der Waals surface area contributed by atoms with Crippen LogP contribution in [0.15, 0.2) is 65.2 Å². The van der Waals surface area contributed by atoms with Gasteiger partial charge in [-0.25, -0.2) is 8.42 Å². The molecule has 1 N–H and O–H groups in total. The smallest absolute Gasteiger partial charge is 0.256 e. The number of carbonyl (C=O) groups excluding carboxylic acids is 1. The predicted molar refractivity (Wildman–Crippen MR) is 118 cm³/mol. The number of amides is 1. The van der Waals surface area contributed by atoms with Crippen LogP contribution in [0.4, 0.5) is 5.82 Å². The predicted octanol–water partition coefficient (Wildman–Crippen LogP) is 4.29. The summed E-state index contributed by atoms with van der Waals surface area (Å²) >= 11 is 0. The van der Waals surface area contributed by atoms with Crippen LogP contribution in [0.5, 0.6) is 0 Å². The SMILES string of the molecule is Cc1cc(NC(=O)c2ccc(CN3[C@@H](C)CCC(c4ccccc4)S3(=O)=O)cc2)no1. The number of anilines is 1. The molecule has 7 nitrogen and oxygen atoms in total. The van der Waals surface area contributed by atoms with Crippen LogP contribution >= 0.6 is 0 Å². The highest BCUT2D eigenvalue weighted by Crippen LogP contribution is 2.38. The van der Waals surface area contributed by atoms with Crippen LogP contribution in [0.3, 0.4) is 0 Å². The second-order valence-electron chi connectivity index (χ2n) is 7.89. The molecular formula is C23H25N3O4S. The van der Waals surface area contributed by atoms with Gasteiger partial charge in [0.2, 0.25) is 10.0 Å². The zero-order valence-electron chi connectivity index (χ0n) is 17.5. The lowest BCUT2D eigenvalue weighted by Crippen LogP contribution is -2.44. The van der Waals surface area contributed by atoms with Crippen LogP contribution < -0.4 is 5.32 Å². The van der Waals surface area contributed by atoms with E-state index < -0.39 is 15.3 Å². The fraction of sp³-hybridized carbons (Fsp3) is 0.304. The van der Waals surface area contributed by atoms with Crippen LogP contribution in [-0.4, -0.2) is 29.8 Å². The molecule has 31 heavy (non-hydrogen) atoms. The number of nitrogens with zero attached hydrogens (tertiary/aromatic N) is 2. The van der Waals surface area contributed by atoms with E-state index in [0.29, 0.717) is 23.6 Å². The molecule has 2 heterocycles. The number of benzene rings is 2. The zero-order valence-corrected chi connectivity index (χ0v) is 18.3. The van der Waals surface area contributed by atoms with E-state index in [0.717, 1.165) is 17.5 Å². The summed E-state index contributed by atoms with van der Waals surface area (Å²) in [5.41, 5.74) is 2.12. The maximum absolute atomic E-state index is 13.4. The van der Waals surface area contributed by atoms with Crippen molar-refractivity contribution in [1.82, 2.24) is 9.46 Å². The summed E-state index contributed by atoms with van der Waals surface area (Å²) in [4.78, 5) is 12.4. The summed E-state index contributed by atoms with van der Waals surface area (Å²) in [6.07, 6.45) is 1.42. The highest BCUT2D eigenvalue weighted by molar-refractivity contribution is 7.89. The van der Waals surface area contributed by atoms with Crippen molar-refractivity contribution in [3.8, 4) is 0 Å². The summed E-state index contributed by atoms with van der Waals surface area (Å²) in [5.74, 6) is 0.658. The molecule has 1 unspecified atom stereocenters. The Morgan fingerprint density at radius 2 is 1.84 bits per heavy atom. The van der Waals surface area contributed by atoms with Crippen molar-refractivity contribution < 1.29 is 17.7 Å². The number of rotatable bonds is 5. The molecule has 1 fully saturated rings. The molecule has 162 valence electrons. The van der Waals surface area contributed by atoms with Crippen LogP contribution in [-0.2, 0) is 16.6 Å². The van der Waals surface area contributed by atoms with Crippen LogP contribution in [0, 0.1) is 6.92 Å². The summed E-state index contributed by atoms with van der Waals surface area (Å²) < 4.78 is 33.2. The minimum absolute atomic E-state index is 0.0802. The molecule has 8 heteroatoms. The quantitative estimate of drug-likeness (QED) is 0.640. The van der Waals surface area contributed by atoms with E-state index >= 15 is 0 Å². The Morgan fingerprint density at radius 1 is 1.13 bits per heavy atom. The van der Waals surface area contributed by atoms with E-state index in [1.807, 2.05) is 37.3 Å². The molecule has 1 aliphatic heterocycles. The Balaban J connectivity index is 1.49. The van der Waals surface area contributed by atoms with Gasteiger partial charge in [0.25, 0.3) is 5.91 Å². The average Bonchev–Trinajstić information content (AvgIpc) is 3.16. The molecule has 4 rings (SSSR count). The second kappa shape index (κ2) is 8.64. The van der Waals surface area contributed by atoms with Gasteiger partial charge in [0.05, 0.1) is 0 Å². The standard InChI is InChI=1S/C23H25N3O4S/c1-16-8-13-21(19-6-4-3-5-7-19)31(28,29)26(16)15-18-9-11-20(12-10-18)23(27)24-22-14-17(2)30-25-22/h3-7,9-12,14,16,21H,8,13,15H2,1-2H3,(H,24,25,27)/t16-,21?/m0/s1. The van der Waals surface area contributed by atoms with Gasteiger partial charge < -0.3 is 9.84 Å². The molecule has 2 atom stereocenters. The van der Waals surface area contributed by atoms with Crippen molar-refractivity contribution >= 4 is 21.7 Å². The number of hydrogen-bond donors (Lipinski definition) is 1. The van der Waals surface area contributed by atoms with E-state index in [1.54, 1.807) is 41.6 Å². The summed E-state index contributed by atoms with van der Waals surface area (Å²) in [6, 6.07) is 17.9. The van der Waals surface area contributed by atoms with Gasteiger partial charge in [-0.05, 0) is 49.9 Å². The summed E-state index contributed by atoms with van der Waals surface area (Å²) in [5, 5.41) is 5.90. The Labute approximate surface area is 182 Å². The van der Waals surface area contributed by atoms with E-state index in [1.165, 1.54) is 0 Å². The maximum Gasteiger partial charge on any atom is 0.256 e. The molecule has 0 saturated carbocycles. The van der Waals surface area contributed by atoms with E-state index in [4.69, 9.17) is 4.52 Å². The lowest BCUT2D eigenvalue weighted by Gasteiger charge is -2.37. The lowest BCUT2D eigenvalue weighted by molar-refractivity contribution is 0.102. The molecule has 0 radical (unpaired) electrons. The minimum atomic E-state index is -3.49. The van der Waals surface area contributed by atoms with Gasteiger partial charge >= 0.3 is 0 Å². The molecular weight excluding hydrogens is 414 g/mol. The van der Waals surface area contributed by atoms with Crippen molar-refractivity contribution in [2.75, 3.05) is 5.32 Å². The number of aryl methyl sites for hydroxylation is 1. The first kappa shape index (κ1) is 21.3. The molecule has 0 bridgehead atoms. The monoisotopic (exact) mass is 439 g/mol. The third kappa shape index (κ3) is 4.55. The maximum atomic E-state index is 13.4. The fourth-order valence-corrected chi connectivity index (χ4v) is 6.11. The Hall–Kier alpha value is -2.97. The number of hydrogen-bond acceptors (Lipinski definition) is 5. The molecule has 1 saturated heterocycles. The largest absolute Gasteiger partial charge is 0.360 e. The molecule has 0 spiro atoms. The van der Waals surface area contributed by atoms with Gasteiger partial charge in [-0.2, -0.15) is 4.31 Å². The van der Waals surface area contributed by atoms with Crippen LogP contribution in [0.25, 0.3) is 0 Å². The molecule has 3 aromatic rings. The van der Waals surface area contributed by atoms with Crippen LogP contribution in [0.1, 0.15) is 52.3 Å². The molecule has 0 aliphatic carbocycles. The van der Waals surface area contributed by atoms with Gasteiger partial charge in [-0.1, -0.05) is 47.6 Å². The number of sulfonamides is 1. The molecule has 2 aromatic carbocycles. The molecule has 1 amide bonds. The van der Waals surface area contributed by atoms with Gasteiger partial charge in [0.1, 0.15) is 11.0 Å². The van der Waals surface area contributed by atoms with Crippen molar-refractivity contribution in [2.24, 2.45) is 0 Å². The first-order chi connectivity index (χ1) is 14.8. The average molecular weight is 440 g/mol. The topological polar surface area (TPSA) is 92.5 Å². The number of carbonyl (C=O) groups is 1. The first-order valence-corrected chi connectivity index (χ1v) is 11.7. The molecule has 1 aromatic heterocycles. The lowest BCUT2D eigenvalue weighted by atomic mass is 10.0. The highest BCUT2D eigenvalue weighted by atomic mass is 32.2. The van der Waals surface area contributed by atoms with Gasteiger partial charge in [0.15, 0.2) is 5.82 Å². The number of nitrogens with one attached hydrogen (secondary N) is 1. The van der Waals surface area contributed by atoms with E-state index in [2.05, 4.69) is 10.5 Å². The third-order valence-electron chi connectivity index (χ3n) is 5.62.